The average molecular weight is 795 g/mol. The molecule has 0 aromatic heterocycles. The molecule has 11 N–H and O–H groups in total. The summed E-state index contributed by atoms with van der Waals surface area (Å²) in [6.45, 7) is 9.34. The van der Waals surface area contributed by atoms with Crippen LogP contribution >= 0.6 is 0 Å². The van der Waals surface area contributed by atoms with E-state index in [-0.39, 0.29) is 35.5 Å². The molecule has 4 aliphatic rings. The molecule has 4 rings (SSSR count). The second kappa shape index (κ2) is 19.6. The molecule has 1 aliphatic heterocycles. The van der Waals surface area contributed by atoms with Crippen molar-refractivity contribution in [2.75, 3.05) is 19.8 Å². The molecule has 320 valence electrons. The number of aliphatic hydroxyl groups excluding tert-OH is 10. The molecule has 4 fully saturated rings. The van der Waals surface area contributed by atoms with Crippen molar-refractivity contribution in [1.29, 1.82) is 0 Å². The summed E-state index contributed by atoms with van der Waals surface area (Å²) in [5.74, 6) is -0.627. The Labute approximate surface area is 322 Å². The van der Waals surface area contributed by atoms with Gasteiger partial charge in [-0.2, -0.15) is 0 Å². The van der Waals surface area contributed by atoms with Crippen LogP contribution in [0.4, 0.5) is 0 Å². The summed E-state index contributed by atoms with van der Waals surface area (Å²) in [6, 6.07) is 0. The summed E-state index contributed by atoms with van der Waals surface area (Å²) in [6.07, 6.45) is -14.0. The summed E-state index contributed by atoms with van der Waals surface area (Å²) < 4.78 is 28.1. The van der Waals surface area contributed by atoms with Gasteiger partial charge in [-0.25, -0.2) is 0 Å². The number of allylic oxidation sites excluding steroid dienone is 1. The number of hydrogen-bond acceptors (Lipinski definition) is 17. The zero-order valence-electron chi connectivity index (χ0n) is 32.4. The van der Waals surface area contributed by atoms with E-state index in [9.17, 15) is 61.0 Å². The van der Waals surface area contributed by atoms with E-state index in [0.717, 1.165) is 24.8 Å². The third kappa shape index (κ3) is 10.3. The first-order valence-corrected chi connectivity index (χ1v) is 19.6. The number of carbonyl (C=O) groups excluding carboxylic acids is 1. The van der Waals surface area contributed by atoms with Crippen LogP contribution in [0.5, 0.6) is 0 Å². The highest BCUT2D eigenvalue weighted by atomic mass is 16.8. The highest BCUT2D eigenvalue weighted by Crippen LogP contribution is 2.64. The van der Waals surface area contributed by atoms with Crippen molar-refractivity contribution >= 4 is 5.97 Å². The molecule has 3 aliphatic carbocycles. The summed E-state index contributed by atoms with van der Waals surface area (Å²) in [7, 11) is 0. The van der Waals surface area contributed by atoms with Crippen LogP contribution < -0.4 is 0 Å². The second-order valence-corrected chi connectivity index (χ2v) is 16.8. The van der Waals surface area contributed by atoms with Crippen LogP contribution in [0.25, 0.3) is 0 Å². The minimum Gasteiger partial charge on any atom is -0.430 e. The van der Waals surface area contributed by atoms with Gasteiger partial charge in [-0.15, -0.1) is 0 Å². The third-order valence-corrected chi connectivity index (χ3v) is 13.1. The second-order valence-electron chi connectivity index (χ2n) is 16.8. The van der Waals surface area contributed by atoms with Crippen molar-refractivity contribution < 1.29 is 84.7 Å². The molecule has 0 amide bonds. The smallest absolute Gasteiger partial charge is 0.314 e. The highest BCUT2D eigenvalue weighted by Gasteiger charge is 2.60. The Bertz CT molecular complexity index is 1230. The monoisotopic (exact) mass is 794 g/mol. The van der Waals surface area contributed by atoms with Crippen LogP contribution in [0.1, 0.15) is 85.5 Å². The van der Waals surface area contributed by atoms with Gasteiger partial charge >= 0.3 is 5.97 Å². The van der Waals surface area contributed by atoms with Gasteiger partial charge in [-0.3, -0.25) is 4.79 Å². The molecule has 17 heteroatoms. The fraction of sp³-hybridized carbons (Fsp3) is 0.921. The Morgan fingerprint density at radius 3 is 2.07 bits per heavy atom. The molecule has 1 heterocycles. The number of rotatable bonds is 17. The van der Waals surface area contributed by atoms with Crippen LogP contribution in [0.15, 0.2) is 12.2 Å². The SMILES string of the molecule is C=C1CC2CCC3[C@](C)(C(=O)OC(OC(CO)C(C)O)C(O)O)CCC[C@@]3(C)[C@@H]2CCC1CC(OC(CO)C(C)O)C(O)OC1OC(CO)C(O)C(O)C1O. The van der Waals surface area contributed by atoms with E-state index in [0.29, 0.717) is 32.1 Å². The van der Waals surface area contributed by atoms with Crippen LogP contribution in [0, 0.1) is 34.5 Å². The van der Waals surface area contributed by atoms with E-state index >= 15 is 0 Å². The van der Waals surface area contributed by atoms with Gasteiger partial charge in [0.2, 0.25) is 6.29 Å². The van der Waals surface area contributed by atoms with Crippen molar-refractivity contribution in [2.45, 2.75) is 166 Å². The van der Waals surface area contributed by atoms with Gasteiger partial charge in [-0.1, -0.05) is 25.5 Å². The lowest BCUT2D eigenvalue weighted by Crippen LogP contribution is -2.60. The Kier molecular flexibility index (Phi) is 16.5. The fourth-order valence-corrected chi connectivity index (χ4v) is 9.89. The highest BCUT2D eigenvalue weighted by molar-refractivity contribution is 5.77. The summed E-state index contributed by atoms with van der Waals surface area (Å²) in [4.78, 5) is 14.0. The maximum absolute atomic E-state index is 14.0. The predicted octanol–water partition coefficient (Wildman–Crippen LogP) is -1.23. The van der Waals surface area contributed by atoms with E-state index in [2.05, 4.69) is 13.5 Å². The largest absolute Gasteiger partial charge is 0.430 e. The van der Waals surface area contributed by atoms with Gasteiger partial charge in [-0.05, 0) is 101 Å². The Hall–Kier alpha value is -1.39. The van der Waals surface area contributed by atoms with Crippen LogP contribution in [0.3, 0.4) is 0 Å². The lowest BCUT2D eigenvalue weighted by molar-refractivity contribution is -0.346. The molecule has 17 nitrogen and oxygen atoms in total. The number of aliphatic hydroxyl groups is 11. The van der Waals surface area contributed by atoms with E-state index in [4.69, 9.17) is 23.7 Å². The summed E-state index contributed by atoms with van der Waals surface area (Å²) >= 11 is 0. The number of hydrogen-bond donors (Lipinski definition) is 11. The van der Waals surface area contributed by atoms with Gasteiger partial charge in [0.15, 0.2) is 12.6 Å². The van der Waals surface area contributed by atoms with E-state index in [1.165, 1.54) is 13.8 Å². The standard InChI is InChI=1S/C38H66O17/c1-18-13-22-8-10-28-37(4,11-6-12-38(28,5)36(50)55-35(32(47)48)52-26(16-40)20(3)43)23(22)9-7-21(18)14-24(51-25(15-39)19(2)42)33(49)54-34-31(46)30(45)29(44)27(17-41)53-34/h19-35,39-49H,1,6-17H2,2-5H3/t19?,20?,21?,22?,23-,24?,25?,26?,27?,28?,29?,30?,31?,33?,34?,35?,37+,38-/m1/s1. The molecular weight excluding hydrogens is 728 g/mol. The first-order valence-electron chi connectivity index (χ1n) is 19.6. The van der Waals surface area contributed by atoms with Gasteiger partial charge in [0.05, 0.1) is 37.4 Å². The normalized spacial score (nSPS) is 39.5. The minimum absolute atomic E-state index is 0.129. The zero-order chi connectivity index (χ0) is 41.0. The first kappa shape index (κ1) is 46.3. The number of fused-ring (bicyclic) bond motifs is 3. The topological polar surface area (TPSA) is 286 Å². The van der Waals surface area contributed by atoms with E-state index in [1.807, 2.05) is 6.92 Å². The molecule has 0 aromatic carbocycles. The minimum atomic E-state index is -2.21. The van der Waals surface area contributed by atoms with Gasteiger partial charge in [0, 0.05) is 0 Å². The molecule has 0 spiro atoms. The van der Waals surface area contributed by atoms with Crippen molar-refractivity contribution in [1.82, 2.24) is 0 Å². The Balaban J connectivity index is 1.52. The van der Waals surface area contributed by atoms with Crippen LogP contribution in [0.2, 0.25) is 0 Å². The molecule has 55 heavy (non-hydrogen) atoms. The maximum Gasteiger partial charge on any atom is 0.314 e. The first-order chi connectivity index (χ1) is 25.8. The molecule has 0 radical (unpaired) electrons. The van der Waals surface area contributed by atoms with Gasteiger partial charge in [0.1, 0.15) is 42.7 Å². The molecule has 1 saturated heterocycles. The van der Waals surface area contributed by atoms with Crippen LogP contribution in [-0.4, -0.2) is 162 Å². The number of esters is 1. The van der Waals surface area contributed by atoms with Crippen molar-refractivity contribution in [3.05, 3.63) is 12.2 Å². The van der Waals surface area contributed by atoms with E-state index in [1.54, 1.807) is 0 Å². The number of ether oxygens (including phenoxy) is 5. The third-order valence-electron chi connectivity index (χ3n) is 13.1. The van der Waals surface area contributed by atoms with Gasteiger partial charge in [0.25, 0.3) is 6.29 Å². The lowest BCUT2D eigenvalue weighted by Gasteiger charge is -2.59. The van der Waals surface area contributed by atoms with Gasteiger partial charge < -0.3 is 79.9 Å². The molecular formula is C38H66O17. The molecule has 15 unspecified atom stereocenters. The van der Waals surface area contributed by atoms with Crippen molar-refractivity contribution in [3.8, 4) is 0 Å². The number of carbonyl (C=O) groups is 1. The van der Waals surface area contributed by atoms with Crippen molar-refractivity contribution in [3.63, 3.8) is 0 Å². The molecule has 0 bridgehead atoms. The summed E-state index contributed by atoms with van der Waals surface area (Å²) in [5.41, 5.74) is -0.407. The lowest BCUT2D eigenvalue weighted by atomic mass is 9.45. The molecule has 18 atom stereocenters. The Morgan fingerprint density at radius 2 is 1.49 bits per heavy atom. The quantitative estimate of drug-likeness (QED) is 0.0467. The summed E-state index contributed by atoms with van der Waals surface area (Å²) in [5, 5.41) is 112. The fourth-order valence-electron chi connectivity index (χ4n) is 9.89. The molecule has 0 aromatic rings. The predicted molar refractivity (Wildman–Crippen MR) is 191 cm³/mol. The Morgan fingerprint density at radius 1 is 0.855 bits per heavy atom. The van der Waals surface area contributed by atoms with Crippen LogP contribution in [-0.2, 0) is 28.5 Å². The zero-order valence-corrected chi connectivity index (χ0v) is 32.4. The van der Waals surface area contributed by atoms with Crippen molar-refractivity contribution in [2.24, 2.45) is 34.5 Å². The maximum atomic E-state index is 14.0. The molecule has 3 saturated carbocycles. The van der Waals surface area contributed by atoms with E-state index < -0.39 is 111 Å². The average Bonchev–Trinajstić information content (AvgIpc) is 3.29.